The number of hydrogen-bond donors (Lipinski definition) is 2. The minimum absolute atomic E-state index is 0.157. The number of aromatic hydroxyl groups is 1. The van der Waals surface area contributed by atoms with E-state index >= 15 is 0 Å². The molecule has 2 aromatic rings. The van der Waals surface area contributed by atoms with Crippen LogP contribution in [-0.4, -0.2) is 5.11 Å². The highest BCUT2D eigenvalue weighted by Gasteiger charge is 2.24. The van der Waals surface area contributed by atoms with Crippen molar-refractivity contribution in [1.82, 2.24) is 0 Å². The largest absolute Gasteiger partial charge is 0.508 e. The molecule has 0 heterocycles. The first-order valence-corrected chi connectivity index (χ1v) is 6.84. The SMILES string of the molecule is N#Cc1cc(NC2CCc3c(O)cccc32)ccc1Cl. The van der Waals surface area contributed by atoms with Gasteiger partial charge in [0.05, 0.1) is 16.6 Å². The van der Waals surface area contributed by atoms with E-state index in [2.05, 4.69) is 11.4 Å². The maximum atomic E-state index is 9.85. The van der Waals surface area contributed by atoms with Crippen molar-refractivity contribution in [3.05, 3.63) is 58.1 Å². The van der Waals surface area contributed by atoms with Crippen molar-refractivity contribution < 1.29 is 5.11 Å². The number of rotatable bonds is 2. The average Bonchev–Trinajstić information content (AvgIpc) is 2.86. The standard InChI is InChI=1S/C16H13ClN2O/c17-14-6-4-11(8-10(14)9-18)19-15-7-5-13-12(15)2-1-3-16(13)20/h1-4,6,8,15,19-20H,5,7H2. The summed E-state index contributed by atoms with van der Waals surface area (Å²) in [4.78, 5) is 0. The van der Waals surface area contributed by atoms with Crippen LogP contribution in [0.15, 0.2) is 36.4 Å². The zero-order valence-corrected chi connectivity index (χ0v) is 11.5. The summed E-state index contributed by atoms with van der Waals surface area (Å²) < 4.78 is 0. The van der Waals surface area contributed by atoms with Crippen molar-refractivity contribution in [1.29, 1.82) is 5.26 Å². The third kappa shape index (κ3) is 2.19. The summed E-state index contributed by atoms with van der Waals surface area (Å²) in [5.74, 6) is 0.362. The summed E-state index contributed by atoms with van der Waals surface area (Å²) in [6.45, 7) is 0. The Morgan fingerprint density at radius 2 is 2.15 bits per heavy atom. The molecule has 3 rings (SSSR count). The van der Waals surface area contributed by atoms with Crippen LogP contribution in [0.3, 0.4) is 0 Å². The first kappa shape index (κ1) is 12.8. The highest BCUT2D eigenvalue weighted by molar-refractivity contribution is 6.31. The molecule has 0 bridgehead atoms. The van der Waals surface area contributed by atoms with Crippen LogP contribution in [0.25, 0.3) is 0 Å². The Bertz CT molecular complexity index is 706. The number of anilines is 1. The topological polar surface area (TPSA) is 56.0 Å². The van der Waals surface area contributed by atoms with Crippen molar-refractivity contribution in [2.45, 2.75) is 18.9 Å². The number of halogens is 1. The molecule has 2 N–H and O–H groups in total. The fraction of sp³-hybridized carbons (Fsp3) is 0.188. The molecule has 3 nitrogen and oxygen atoms in total. The summed E-state index contributed by atoms with van der Waals surface area (Å²) in [5.41, 5.74) is 3.47. The minimum Gasteiger partial charge on any atom is -0.508 e. The van der Waals surface area contributed by atoms with E-state index in [-0.39, 0.29) is 6.04 Å². The summed E-state index contributed by atoms with van der Waals surface area (Å²) in [5, 5.41) is 22.7. The van der Waals surface area contributed by atoms with Gasteiger partial charge in [0.1, 0.15) is 11.8 Å². The van der Waals surface area contributed by atoms with Gasteiger partial charge in [-0.15, -0.1) is 0 Å². The van der Waals surface area contributed by atoms with Crippen molar-refractivity contribution >= 4 is 17.3 Å². The highest BCUT2D eigenvalue weighted by atomic mass is 35.5. The van der Waals surface area contributed by atoms with E-state index in [0.717, 1.165) is 29.7 Å². The molecule has 1 unspecified atom stereocenters. The molecule has 1 aliphatic rings. The van der Waals surface area contributed by atoms with Gasteiger partial charge in [0.25, 0.3) is 0 Å². The van der Waals surface area contributed by atoms with E-state index in [0.29, 0.717) is 16.3 Å². The van der Waals surface area contributed by atoms with Crippen LogP contribution < -0.4 is 5.32 Å². The zero-order chi connectivity index (χ0) is 14.1. The fourth-order valence-electron chi connectivity index (χ4n) is 2.69. The number of nitrogens with zero attached hydrogens (tertiary/aromatic N) is 1. The fourth-order valence-corrected chi connectivity index (χ4v) is 2.85. The smallest absolute Gasteiger partial charge is 0.119 e. The van der Waals surface area contributed by atoms with Gasteiger partial charge in [0.15, 0.2) is 0 Å². The van der Waals surface area contributed by atoms with Crippen molar-refractivity contribution in [2.75, 3.05) is 5.32 Å². The third-order valence-corrected chi connectivity index (χ3v) is 4.00. The van der Waals surface area contributed by atoms with Gasteiger partial charge < -0.3 is 10.4 Å². The number of phenols is 1. The van der Waals surface area contributed by atoms with Crippen molar-refractivity contribution in [3.63, 3.8) is 0 Å². The van der Waals surface area contributed by atoms with Crippen LogP contribution in [-0.2, 0) is 6.42 Å². The maximum Gasteiger partial charge on any atom is 0.119 e. The van der Waals surface area contributed by atoms with Gasteiger partial charge in [-0.1, -0.05) is 23.7 Å². The van der Waals surface area contributed by atoms with E-state index in [1.165, 1.54) is 0 Å². The van der Waals surface area contributed by atoms with Crippen molar-refractivity contribution in [2.24, 2.45) is 0 Å². The van der Waals surface area contributed by atoms with Crippen LogP contribution in [0.5, 0.6) is 5.75 Å². The predicted molar refractivity (Wildman–Crippen MR) is 79.0 cm³/mol. The summed E-state index contributed by atoms with van der Waals surface area (Å²) in [7, 11) is 0. The minimum atomic E-state index is 0.157. The molecule has 0 amide bonds. The average molecular weight is 285 g/mol. The Morgan fingerprint density at radius 1 is 1.30 bits per heavy atom. The number of hydrogen-bond acceptors (Lipinski definition) is 3. The first-order valence-electron chi connectivity index (χ1n) is 6.46. The summed E-state index contributed by atoms with van der Waals surface area (Å²) in [6.07, 6.45) is 1.79. The lowest BCUT2D eigenvalue weighted by atomic mass is 10.1. The van der Waals surface area contributed by atoms with Gasteiger partial charge in [-0.2, -0.15) is 5.26 Å². The Labute approximate surface area is 122 Å². The molecule has 4 heteroatoms. The predicted octanol–water partition coefficient (Wildman–Crippen LogP) is 4.02. The van der Waals surface area contributed by atoms with Crippen LogP contribution in [0.2, 0.25) is 5.02 Å². The van der Waals surface area contributed by atoms with Crippen LogP contribution in [0.4, 0.5) is 5.69 Å². The second-order valence-electron chi connectivity index (χ2n) is 4.89. The highest BCUT2D eigenvalue weighted by Crippen LogP contribution is 2.38. The first-order chi connectivity index (χ1) is 9.69. The number of fused-ring (bicyclic) bond motifs is 1. The lowest BCUT2D eigenvalue weighted by Crippen LogP contribution is -2.07. The second kappa shape index (κ2) is 5.07. The molecule has 1 aliphatic carbocycles. The molecule has 0 saturated carbocycles. The van der Waals surface area contributed by atoms with E-state index in [9.17, 15) is 5.11 Å². The molecule has 20 heavy (non-hydrogen) atoms. The van der Waals surface area contributed by atoms with E-state index in [1.807, 2.05) is 18.2 Å². The molecule has 0 radical (unpaired) electrons. The number of nitriles is 1. The van der Waals surface area contributed by atoms with Gasteiger partial charge in [-0.05, 0) is 48.2 Å². The van der Waals surface area contributed by atoms with Crippen LogP contribution in [0.1, 0.15) is 29.2 Å². The second-order valence-corrected chi connectivity index (χ2v) is 5.29. The summed E-state index contributed by atoms with van der Waals surface area (Å²) >= 11 is 5.93. The Morgan fingerprint density at radius 3 is 2.95 bits per heavy atom. The molecule has 0 aliphatic heterocycles. The molecule has 0 aromatic heterocycles. The molecule has 0 fully saturated rings. The molecular formula is C16H13ClN2O. The van der Waals surface area contributed by atoms with Gasteiger partial charge in [-0.25, -0.2) is 0 Å². The number of benzene rings is 2. The lowest BCUT2D eigenvalue weighted by molar-refractivity contribution is 0.469. The van der Waals surface area contributed by atoms with Crippen LogP contribution >= 0.6 is 11.6 Å². The van der Waals surface area contributed by atoms with Gasteiger partial charge in [0.2, 0.25) is 0 Å². The van der Waals surface area contributed by atoms with E-state index < -0.39 is 0 Å². The quantitative estimate of drug-likeness (QED) is 0.876. The van der Waals surface area contributed by atoms with E-state index in [4.69, 9.17) is 16.9 Å². The summed E-state index contributed by atoms with van der Waals surface area (Å²) in [6, 6.07) is 13.2. The molecular weight excluding hydrogens is 272 g/mol. The Kier molecular flexibility index (Phi) is 3.25. The molecule has 0 saturated heterocycles. The molecule has 2 aromatic carbocycles. The molecule has 0 spiro atoms. The normalized spacial score (nSPS) is 16.5. The Hall–Kier alpha value is -2.18. The van der Waals surface area contributed by atoms with Crippen LogP contribution in [0, 0.1) is 11.3 Å². The maximum absolute atomic E-state index is 9.85. The molecule has 100 valence electrons. The lowest BCUT2D eigenvalue weighted by Gasteiger charge is -2.16. The van der Waals surface area contributed by atoms with Crippen molar-refractivity contribution in [3.8, 4) is 11.8 Å². The number of phenolic OH excluding ortho intramolecular Hbond substituents is 1. The van der Waals surface area contributed by atoms with Gasteiger partial charge >= 0.3 is 0 Å². The Balaban J connectivity index is 1.88. The zero-order valence-electron chi connectivity index (χ0n) is 10.7. The van der Waals surface area contributed by atoms with E-state index in [1.54, 1.807) is 18.2 Å². The molecule has 1 atom stereocenters. The third-order valence-electron chi connectivity index (χ3n) is 3.67. The van der Waals surface area contributed by atoms with Gasteiger partial charge in [0, 0.05) is 5.69 Å². The number of nitrogens with one attached hydrogen (secondary N) is 1. The van der Waals surface area contributed by atoms with Gasteiger partial charge in [-0.3, -0.25) is 0 Å². The monoisotopic (exact) mass is 284 g/mol.